The first kappa shape index (κ1) is 10.2. The molecule has 72 valence electrons. The highest BCUT2D eigenvalue weighted by Gasteiger charge is 2.33. The van der Waals surface area contributed by atoms with Crippen molar-refractivity contribution >= 4 is 11.6 Å². The maximum absolute atomic E-state index is 12.2. The summed E-state index contributed by atoms with van der Waals surface area (Å²) in [4.78, 5) is 0. The van der Waals surface area contributed by atoms with E-state index in [2.05, 4.69) is 0 Å². The van der Waals surface area contributed by atoms with Crippen LogP contribution in [-0.2, 0) is 12.1 Å². The normalized spacial score (nSPS) is 11.7. The predicted molar refractivity (Wildman–Crippen MR) is 42.7 cm³/mol. The first-order valence-electron chi connectivity index (χ1n) is 3.41. The van der Waals surface area contributed by atoms with Gasteiger partial charge in [-0.3, -0.25) is 0 Å². The topological polar surface area (TPSA) is 20.2 Å². The molecule has 0 aliphatic carbocycles. The second-order valence-electron chi connectivity index (χ2n) is 2.43. The van der Waals surface area contributed by atoms with Crippen LogP contribution in [-0.4, -0.2) is 5.11 Å². The fraction of sp³-hybridized carbons (Fsp3) is 0.250. The SMILES string of the molecule is Oc1cccc(C(F)(F)F)c1CCl. The van der Waals surface area contributed by atoms with Crippen LogP contribution in [0.1, 0.15) is 11.1 Å². The molecule has 1 aromatic rings. The van der Waals surface area contributed by atoms with Gasteiger partial charge < -0.3 is 5.11 Å². The van der Waals surface area contributed by atoms with Crippen molar-refractivity contribution < 1.29 is 18.3 Å². The van der Waals surface area contributed by atoms with Gasteiger partial charge in [0.25, 0.3) is 0 Å². The average Bonchev–Trinajstić information content (AvgIpc) is 2.02. The zero-order valence-electron chi connectivity index (χ0n) is 6.40. The highest BCUT2D eigenvalue weighted by atomic mass is 35.5. The molecule has 13 heavy (non-hydrogen) atoms. The highest BCUT2D eigenvalue weighted by molar-refractivity contribution is 6.17. The van der Waals surface area contributed by atoms with E-state index in [0.29, 0.717) is 0 Å². The van der Waals surface area contributed by atoms with Crippen molar-refractivity contribution in [3.8, 4) is 5.75 Å². The van der Waals surface area contributed by atoms with Crippen LogP contribution < -0.4 is 0 Å². The standard InChI is InChI=1S/C8H6ClF3O/c9-4-5-6(8(10,11)12)2-1-3-7(5)13/h1-3,13H,4H2. The lowest BCUT2D eigenvalue weighted by Gasteiger charge is -2.11. The van der Waals surface area contributed by atoms with E-state index in [1.807, 2.05) is 0 Å². The summed E-state index contributed by atoms with van der Waals surface area (Å²) in [5, 5.41) is 9.07. The summed E-state index contributed by atoms with van der Waals surface area (Å²) in [5.41, 5.74) is -1.17. The molecule has 0 aromatic heterocycles. The minimum atomic E-state index is -4.47. The Morgan fingerprint density at radius 1 is 1.31 bits per heavy atom. The Hall–Kier alpha value is -0.900. The van der Waals surface area contributed by atoms with Gasteiger partial charge in [0.1, 0.15) is 5.75 Å². The number of halogens is 4. The van der Waals surface area contributed by atoms with Crippen LogP contribution in [0.2, 0.25) is 0 Å². The number of phenols is 1. The summed E-state index contributed by atoms with van der Waals surface area (Å²) in [6.07, 6.45) is -4.47. The van der Waals surface area contributed by atoms with Crippen LogP contribution in [0.5, 0.6) is 5.75 Å². The van der Waals surface area contributed by atoms with Gasteiger partial charge in [0.15, 0.2) is 0 Å². The van der Waals surface area contributed by atoms with E-state index >= 15 is 0 Å². The number of aromatic hydroxyl groups is 1. The van der Waals surface area contributed by atoms with Gasteiger partial charge in [0, 0.05) is 5.56 Å². The lowest BCUT2D eigenvalue weighted by Crippen LogP contribution is -2.08. The first-order valence-corrected chi connectivity index (χ1v) is 3.94. The van der Waals surface area contributed by atoms with E-state index in [-0.39, 0.29) is 11.4 Å². The summed E-state index contributed by atoms with van der Waals surface area (Å²) in [6.45, 7) is 0. The minimum Gasteiger partial charge on any atom is -0.508 e. The van der Waals surface area contributed by atoms with Crippen molar-refractivity contribution in [1.82, 2.24) is 0 Å². The Bertz CT molecular complexity index is 309. The average molecular weight is 211 g/mol. The number of hydrogen-bond acceptors (Lipinski definition) is 1. The van der Waals surface area contributed by atoms with E-state index in [4.69, 9.17) is 16.7 Å². The quantitative estimate of drug-likeness (QED) is 0.706. The van der Waals surface area contributed by atoms with Crippen LogP contribution in [0.4, 0.5) is 13.2 Å². The molecule has 0 aliphatic heterocycles. The Labute approximate surface area is 77.8 Å². The van der Waals surface area contributed by atoms with Crippen molar-refractivity contribution in [1.29, 1.82) is 0 Å². The van der Waals surface area contributed by atoms with Gasteiger partial charge >= 0.3 is 6.18 Å². The summed E-state index contributed by atoms with van der Waals surface area (Å²) >= 11 is 5.28. The van der Waals surface area contributed by atoms with Gasteiger partial charge in [-0.05, 0) is 12.1 Å². The summed E-state index contributed by atoms with van der Waals surface area (Å²) < 4.78 is 36.7. The smallest absolute Gasteiger partial charge is 0.416 e. The van der Waals surface area contributed by atoms with Crippen LogP contribution >= 0.6 is 11.6 Å². The van der Waals surface area contributed by atoms with Gasteiger partial charge in [-0.1, -0.05) is 6.07 Å². The molecule has 0 atom stereocenters. The Morgan fingerprint density at radius 2 is 1.92 bits per heavy atom. The van der Waals surface area contributed by atoms with Crippen molar-refractivity contribution in [2.24, 2.45) is 0 Å². The molecule has 0 spiro atoms. The van der Waals surface area contributed by atoms with E-state index in [9.17, 15) is 13.2 Å². The molecule has 0 fully saturated rings. The molecule has 1 nitrogen and oxygen atoms in total. The molecule has 0 saturated carbocycles. The molecule has 0 saturated heterocycles. The summed E-state index contributed by atoms with van der Waals surface area (Å²) in [5.74, 6) is -0.786. The molecule has 0 heterocycles. The van der Waals surface area contributed by atoms with Gasteiger partial charge in [0.05, 0.1) is 11.4 Å². The Morgan fingerprint density at radius 3 is 2.31 bits per heavy atom. The number of rotatable bonds is 1. The predicted octanol–water partition coefficient (Wildman–Crippen LogP) is 3.15. The number of alkyl halides is 4. The third-order valence-corrected chi connectivity index (χ3v) is 1.86. The van der Waals surface area contributed by atoms with Gasteiger partial charge in [-0.2, -0.15) is 13.2 Å². The molecule has 0 amide bonds. The highest BCUT2D eigenvalue weighted by Crippen LogP contribution is 2.36. The molecular formula is C8H6ClF3O. The lowest BCUT2D eigenvalue weighted by molar-refractivity contribution is -0.138. The fourth-order valence-corrected chi connectivity index (χ4v) is 1.26. The fourth-order valence-electron chi connectivity index (χ4n) is 0.981. The van der Waals surface area contributed by atoms with Gasteiger partial charge in [-0.15, -0.1) is 11.6 Å². The third-order valence-electron chi connectivity index (χ3n) is 1.59. The summed E-state index contributed by atoms with van der Waals surface area (Å²) in [7, 11) is 0. The van der Waals surface area contributed by atoms with Crippen LogP contribution in [0.3, 0.4) is 0 Å². The third kappa shape index (κ3) is 2.06. The van der Waals surface area contributed by atoms with Crippen molar-refractivity contribution in [2.75, 3.05) is 0 Å². The van der Waals surface area contributed by atoms with E-state index < -0.39 is 17.5 Å². The van der Waals surface area contributed by atoms with Crippen LogP contribution in [0.25, 0.3) is 0 Å². The minimum absolute atomic E-state index is 0.281. The van der Waals surface area contributed by atoms with Gasteiger partial charge in [0.2, 0.25) is 0 Å². The largest absolute Gasteiger partial charge is 0.508 e. The maximum atomic E-state index is 12.2. The molecule has 0 radical (unpaired) electrons. The molecule has 0 aliphatic rings. The lowest BCUT2D eigenvalue weighted by atomic mass is 10.1. The molecule has 0 unspecified atom stereocenters. The monoisotopic (exact) mass is 210 g/mol. The second-order valence-corrected chi connectivity index (χ2v) is 2.70. The summed E-state index contributed by atoms with van der Waals surface area (Å²) in [6, 6.07) is 3.19. The van der Waals surface area contributed by atoms with Crippen LogP contribution in [0, 0.1) is 0 Å². The van der Waals surface area contributed by atoms with Crippen molar-refractivity contribution in [2.45, 2.75) is 12.1 Å². The number of phenolic OH excluding ortho intramolecular Hbond substituents is 1. The van der Waals surface area contributed by atoms with Crippen LogP contribution in [0.15, 0.2) is 18.2 Å². The molecule has 1 aromatic carbocycles. The van der Waals surface area contributed by atoms with Gasteiger partial charge in [-0.25, -0.2) is 0 Å². The number of hydrogen-bond donors (Lipinski definition) is 1. The first-order chi connectivity index (χ1) is 5.96. The zero-order chi connectivity index (χ0) is 10.1. The maximum Gasteiger partial charge on any atom is 0.416 e. The van der Waals surface area contributed by atoms with E-state index in [1.165, 1.54) is 6.07 Å². The Kier molecular flexibility index (Phi) is 2.71. The van der Waals surface area contributed by atoms with E-state index in [0.717, 1.165) is 12.1 Å². The molecular weight excluding hydrogens is 205 g/mol. The molecule has 1 N–H and O–H groups in total. The molecule has 5 heteroatoms. The van der Waals surface area contributed by atoms with Crippen molar-refractivity contribution in [3.63, 3.8) is 0 Å². The second kappa shape index (κ2) is 3.46. The molecule has 1 rings (SSSR count). The van der Waals surface area contributed by atoms with Crippen molar-refractivity contribution in [3.05, 3.63) is 29.3 Å². The zero-order valence-corrected chi connectivity index (χ0v) is 7.15. The number of benzene rings is 1. The molecule has 0 bridgehead atoms. The van der Waals surface area contributed by atoms with E-state index in [1.54, 1.807) is 0 Å². The Balaban J connectivity index is 3.29.